The molecule has 0 saturated carbocycles. The number of likely N-dealkylation sites (tertiary alicyclic amines) is 1. The molecule has 0 bridgehead atoms. The van der Waals surface area contributed by atoms with Gasteiger partial charge in [-0.05, 0) is 27.7 Å². The van der Waals surface area contributed by atoms with Gasteiger partial charge in [0.1, 0.15) is 11.3 Å². The first-order valence-corrected chi connectivity index (χ1v) is 7.65. The van der Waals surface area contributed by atoms with Gasteiger partial charge in [0, 0.05) is 19.2 Å². The van der Waals surface area contributed by atoms with Crippen LogP contribution in [0.5, 0.6) is 0 Å². The molecule has 8 nitrogen and oxygen atoms in total. The Balaban J connectivity index is 1.81. The molecule has 2 N–H and O–H groups in total. The Morgan fingerprint density at radius 1 is 1.43 bits per heavy atom. The van der Waals surface area contributed by atoms with Gasteiger partial charge in [0.2, 0.25) is 0 Å². The Labute approximate surface area is 134 Å². The van der Waals surface area contributed by atoms with Crippen LogP contribution >= 0.6 is 0 Å². The molecule has 3 heterocycles. The van der Waals surface area contributed by atoms with E-state index in [0.717, 1.165) is 0 Å². The number of carbonyl (C=O) groups is 1. The summed E-state index contributed by atoms with van der Waals surface area (Å²) in [6.07, 6.45) is 3.72. The molecule has 1 aliphatic heterocycles. The monoisotopic (exact) mass is 318 g/mol. The molecular weight excluding hydrogens is 296 g/mol. The van der Waals surface area contributed by atoms with Crippen LogP contribution in [-0.2, 0) is 11.1 Å². The summed E-state index contributed by atoms with van der Waals surface area (Å²) in [4.78, 5) is 14.4. The predicted molar refractivity (Wildman–Crippen MR) is 82.8 cm³/mol. The summed E-state index contributed by atoms with van der Waals surface area (Å²) in [5.41, 5.74) is 0.410. The number of β-amino-alcohol motifs (C(OH)–C–C–N with tert-alkyl or cyclic N) is 1. The summed E-state index contributed by atoms with van der Waals surface area (Å²) >= 11 is 0. The highest BCUT2D eigenvalue weighted by molar-refractivity contribution is 5.95. The lowest BCUT2D eigenvalue weighted by Crippen LogP contribution is -2.34. The number of aromatic nitrogens is 5. The van der Waals surface area contributed by atoms with Crippen molar-refractivity contribution in [2.75, 3.05) is 13.1 Å². The molecule has 1 unspecified atom stereocenters. The van der Waals surface area contributed by atoms with Crippen LogP contribution in [0, 0.1) is 6.92 Å². The van der Waals surface area contributed by atoms with Crippen LogP contribution in [-0.4, -0.2) is 54.2 Å². The largest absolute Gasteiger partial charge is 0.381 e. The van der Waals surface area contributed by atoms with Crippen molar-refractivity contribution in [3.63, 3.8) is 0 Å². The van der Waals surface area contributed by atoms with E-state index in [1.54, 1.807) is 15.8 Å². The van der Waals surface area contributed by atoms with E-state index < -0.39 is 5.60 Å². The third kappa shape index (κ3) is 2.74. The first-order valence-electron chi connectivity index (χ1n) is 7.65. The number of nitrogens with zero attached hydrogens (tertiary/aromatic N) is 5. The number of nitrogens with one attached hydrogen (secondary N) is 1. The number of aliphatic hydroxyl groups is 1. The lowest BCUT2D eigenvalue weighted by molar-refractivity contribution is 0.0382. The summed E-state index contributed by atoms with van der Waals surface area (Å²) in [6, 6.07) is 0. The van der Waals surface area contributed by atoms with Crippen LogP contribution in [0.4, 0.5) is 0 Å². The minimum Gasteiger partial charge on any atom is -0.381 e. The van der Waals surface area contributed by atoms with E-state index in [1.807, 2.05) is 27.7 Å². The number of H-pyrrole nitrogens is 1. The third-order valence-corrected chi connectivity index (χ3v) is 4.24. The first-order chi connectivity index (χ1) is 10.7. The van der Waals surface area contributed by atoms with Crippen molar-refractivity contribution in [1.82, 2.24) is 30.1 Å². The molecule has 0 aliphatic carbocycles. The number of amides is 1. The predicted octanol–water partition coefficient (Wildman–Crippen LogP) is 0.798. The van der Waals surface area contributed by atoms with Crippen molar-refractivity contribution in [1.29, 1.82) is 0 Å². The minimum atomic E-state index is -1.14. The zero-order chi connectivity index (χ0) is 16.8. The summed E-state index contributed by atoms with van der Waals surface area (Å²) in [7, 11) is 0. The second-order valence-corrected chi connectivity index (χ2v) is 7.11. The van der Waals surface area contributed by atoms with E-state index in [4.69, 9.17) is 0 Å². The zero-order valence-corrected chi connectivity index (χ0v) is 13.9. The Kier molecular flexibility index (Phi) is 3.51. The normalized spacial score (nSPS) is 21.9. The van der Waals surface area contributed by atoms with E-state index in [1.165, 1.54) is 6.20 Å². The second kappa shape index (κ2) is 5.16. The van der Waals surface area contributed by atoms with E-state index in [-0.39, 0.29) is 18.0 Å². The van der Waals surface area contributed by atoms with E-state index in [2.05, 4.69) is 20.5 Å². The van der Waals surface area contributed by atoms with E-state index in [0.29, 0.717) is 29.9 Å². The molecule has 1 saturated heterocycles. The third-order valence-electron chi connectivity index (χ3n) is 4.24. The zero-order valence-electron chi connectivity index (χ0n) is 13.9. The van der Waals surface area contributed by atoms with Crippen LogP contribution in [0.1, 0.15) is 48.9 Å². The molecule has 1 amide bonds. The molecule has 3 rings (SSSR count). The average molecular weight is 318 g/mol. The van der Waals surface area contributed by atoms with Crippen LogP contribution < -0.4 is 0 Å². The number of aromatic amines is 1. The van der Waals surface area contributed by atoms with Gasteiger partial charge in [-0.2, -0.15) is 20.5 Å². The Hall–Kier alpha value is -2.22. The summed E-state index contributed by atoms with van der Waals surface area (Å²) in [5.74, 6) is -0.114. The van der Waals surface area contributed by atoms with Gasteiger partial charge in [0.05, 0.1) is 29.5 Å². The molecule has 2 aromatic heterocycles. The highest BCUT2D eigenvalue weighted by Crippen LogP contribution is 2.31. The van der Waals surface area contributed by atoms with Crippen LogP contribution in [0.3, 0.4) is 0 Å². The number of hydrogen-bond donors (Lipinski definition) is 2. The van der Waals surface area contributed by atoms with Gasteiger partial charge in [0.15, 0.2) is 0 Å². The van der Waals surface area contributed by atoms with Crippen molar-refractivity contribution in [3.05, 3.63) is 29.3 Å². The van der Waals surface area contributed by atoms with Gasteiger partial charge in [-0.25, -0.2) is 0 Å². The maximum Gasteiger partial charge on any atom is 0.257 e. The van der Waals surface area contributed by atoms with Crippen LogP contribution in [0.15, 0.2) is 12.4 Å². The first kappa shape index (κ1) is 15.7. The van der Waals surface area contributed by atoms with Gasteiger partial charge >= 0.3 is 0 Å². The van der Waals surface area contributed by atoms with Gasteiger partial charge in [-0.1, -0.05) is 0 Å². The topological polar surface area (TPSA) is 99.9 Å². The maximum atomic E-state index is 12.8. The molecule has 1 aliphatic rings. The van der Waals surface area contributed by atoms with Gasteiger partial charge in [-0.15, -0.1) is 0 Å². The van der Waals surface area contributed by atoms with Crippen molar-refractivity contribution in [2.45, 2.75) is 45.3 Å². The van der Waals surface area contributed by atoms with Gasteiger partial charge in [-0.3, -0.25) is 9.48 Å². The van der Waals surface area contributed by atoms with E-state index in [9.17, 15) is 9.90 Å². The number of carbonyl (C=O) groups excluding carboxylic acids is 1. The van der Waals surface area contributed by atoms with E-state index >= 15 is 0 Å². The highest BCUT2D eigenvalue weighted by atomic mass is 16.3. The van der Waals surface area contributed by atoms with Crippen molar-refractivity contribution >= 4 is 5.91 Å². The number of aryl methyl sites for hydroxylation is 1. The number of hydrogen-bond acceptors (Lipinski definition) is 5. The lowest BCUT2D eigenvalue weighted by atomic mass is 10.00. The summed E-state index contributed by atoms with van der Waals surface area (Å²) < 4.78 is 1.80. The molecule has 23 heavy (non-hydrogen) atoms. The molecule has 0 spiro atoms. The molecule has 8 heteroatoms. The molecule has 124 valence electrons. The van der Waals surface area contributed by atoms with Crippen LogP contribution in [0.25, 0.3) is 0 Å². The lowest BCUT2D eigenvalue weighted by Gasteiger charge is -2.21. The quantitative estimate of drug-likeness (QED) is 0.853. The Morgan fingerprint density at radius 2 is 2.17 bits per heavy atom. The second-order valence-electron chi connectivity index (χ2n) is 7.11. The SMILES string of the molecule is Cc1nn(C(C)(C)C)cc1C(=O)N1CCC(O)(c2cn[nH]n2)C1. The minimum absolute atomic E-state index is 0.114. The fourth-order valence-electron chi connectivity index (χ4n) is 2.79. The molecule has 0 radical (unpaired) electrons. The van der Waals surface area contributed by atoms with Gasteiger partial charge < -0.3 is 10.0 Å². The standard InChI is InChI=1S/C15H22N6O2/c1-10-11(8-21(18-10)14(2,3)4)13(22)20-6-5-15(23,9-20)12-7-16-19-17-12/h7-8,23H,5-6,9H2,1-4H3,(H,16,17,19). The molecule has 2 aromatic rings. The van der Waals surface area contributed by atoms with Crippen molar-refractivity contribution in [3.8, 4) is 0 Å². The summed E-state index contributed by atoms with van der Waals surface area (Å²) in [6.45, 7) is 8.61. The molecular formula is C15H22N6O2. The maximum absolute atomic E-state index is 12.8. The smallest absolute Gasteiger partial charge is 0.257 e. The number of rotatable bonds is 2. The molecule has 1 atom stereocenters. The molecule has 0 aromatic carbocycles. The summed E-state index contributed by atoms with van der Waals surface area (Å²) in [5, 5.41) is 25.3. The fraction of sp³-hybridized carbons (Fsp3) is 0.600. The van der Waals surface area contributed by atoms with Crippen LogP contribution in [0.2, 0.25) is 0 Å². The Bertz CT molecular complexity index is 715. The van der Waals surface area contributed by atoms with Gasteiger partial charge in [0.25, 0.3) is 5.91 Å². The fourth-order valence-corrected chi connectivity index (χ4v) is 2.79. The van der Waals surface area contributed by atoms with Crippen molar-refractivity contribution in [2.24, 2.45) is 0 Å². The van der Waals surface area contributed by atoms with Crippen molar-refractivity contribution < 1.29 is 9.90 Å². The molecule has 1 fully saturated rings. The Morgan fingerprint density at radius 3 is 2.74 bits per heavy atom. The average Bonchev–Trinajstić information content (AvgIpc) is 3.16. The highest BCUT2D eigenvalue weighted by Gasteiger charge is 2.42.